The van der Waals surface area contributed by atoms with Gasteiger partial charge in [-0.15, -0.1) is 17.9 Å². The lowest BCUT2D eigenvalue weighted by molar-refractivity contribution is 0.0989. The average Bonchev–Trinajstić information content (AvgIpc) is 3.54. The number of sulfonamides is 1. The van der Waals surface area contributed by atoms with Crippen LogP contribution in [-0.4, -0.2) is 39.0 Å². The number of amides is 1. The first-order valence-corrected chi connectivity index (χ1v) is 13.4. The molecule has 7 nitrogen and oxygen atoms in total. The Kier molecular flexibility index (Phi) is 7.45. The lowest BCUT2D eigenvalue weighted by Gasteiger charge is -2.20. The van der Waals surface area contributed by atoms with Gasteiger partial charge in [-0.25, -0.2) is 18.1 Å². The molecule has 0 spiro atoms. The van der Waals surface area contributed by atoms with E-state index in [1.807, 2.05) is 35.7 Å². The summed E-state index contributed by atoms with van der Waals surface area (Å²) in [5, 5.41) is 2.40. The third kappa shape index (κ3) is 5.22. The molecule has 1 heterocycles. The van der Waals surface area contributed by atoms with E-state index in [0.717, 1.165) is 36.9 Å². The largest absolute Gasteiger partial charge is 0.495 e. The molecule has 0 aliphatic heterocycles. The van der Waals surface area contributed by atoms with Crippen LogP contribution in [0.1, 0.15) is 36.0 Å². The van der Waals surface area contributed by atoms with Crippen molar-refractivity contribution in [2.45, 2.75) is 36.6 Å². The van der Waals surface area contributed by atoms with Crippen LogP contribution in [0.3, 0.4) is 0 Å². The molecule has 2 aromatic carbocycles. The van der Waals surface area contributed by atoms with Crippen molar-refractivity contribution in [3.8, 4) is 17.0 Å². The number of carbonyl (C=O) groups excluding carboxylic acids is 1. The number of anilines is 1. The summed E-state index contributed by atoms with van der Waals surface area (Å²) in [4.78, 5) is 19.6. The van der Waals surface area contributed by atoms with Crippen LogP contribution >= 0.6 is 11.3 Å². The lowest BCUT2D eigenvalue weighted by atomic mass is 10.2. The molecule has 1 fully saturated rings. The number of carbonyl (C=O) groups is 1. The van der Waals surface area contributed by atoms with Crippen LogP contribution < -0.4 is 14.4 Å². The number of aromatic nitrogens is 1. The summed E-state index contributed by atoms with van der Waals surface area (Å²) in [7, 11) is -2.44. The minimum Gasteiger partial charge on any atom is -0.495 e. The fourth-order valence-corrected chi connectivity index (χ4v) is 6.35. The number of nitrogens with zero attached hydrogens (tertiary/aromatic N) is 2. The first-order valence-electron chi connectivity index (χ1n) is 11.1. The number of hydrogen-bond acceptors (Lipinski definition) is 6. The Hall–Kier alpha value is -3.01. The number of benzene rings is 2. The first-order chi connectivity index (χ1) is 16.4. The highest BCUT2D eigenvalue weighted by Gasteiger charge is 2.28. The van der Waals surface area contributed by atoms with Crippen LogP contribution in [0.4, 0.5) is 5.13 Å². The summed E-state index contributed by atoms with van der Waals surface area (Å²) < 4.78 is 34.3. The molecule has 0 atom stereocenters. The zero-order chi connectivity index (χ0) is 24.1. The van der Waals surface area contributed by atoms with E-state index >= 15 is 0 Å². The standard InChI is InChI=1S/C25H27N3O4S2/c1-3-15-28(25-26-21(17-33-25)18-9-5-4-6-10-18)24(29)19-13-14-22(32-2)23(16-19)34(30,31)27-20-11-7-8-12-20/h3-6,9-10,13-14,16-17,20,27H,1,7-8,11-12,15H2,2H3. The molecule has 1 amide bonds. The predicted molar refractivity (Wildman–Crippen MR) is 135 cm³/mol. The highest BCUT2D eigenvalue weighted by Crippen LogP contribution is 2.31. The van der Waals surface area contributed by atoms with E-state index in [-0.39, 0.29) is 34.7 Å². The molecule has 3 aromatic rings. The Morgan fingerprint density at radius 1 is 1.24 bits per heavy atom. The van der Waals surface area contributed by atoms with Gasteiger partial charge in [-0.1, -0.05) is 49.2 Å². The van der Waals surface area contributed by atoms with Gasteiger partial charge in [0.1, 0.15) is 10.6 Å². The van der Waals surface area contributed by atoms with Gasteiger partial charge >= 0.3 is 0 Å². The van der Waals surface area contributed by atoms with Crippen LogP contribution in [0.2, 0.25) is 0 Å². The summed E-state index contributed by atoms with van der Waals surface area (Å²) >= 11 is 1.35. The van der Waals surface area contributed by atoms with Gasteiger partial charge in [-0.05, 0) is 31.0 Å². The Bertz CT molecular complexity index is 1270. The molecule has 1 aliphatic carbocycles. The number of nitrogens with one attached hydrogen (secondary N) is 1. The van der Waals surface area contributed by atoms with Crippen molar-refractivity contribution in [3.05, 3.63) is 72.1 Å². The summed E-state index contributed by atoms with van der Waals surface area (Å²) in [6, 6.07) is 14.1. The fourth-order valence-electron chi connectivity index (χ4n) is 4.01. The van der Waals surface area contributed by atoms with Crippen molar-refractivity contribution in [3.63, 3.8) is 0 Å². The molecular weight excluding hydrogens is 470 g/mol. The van der Waals surface area contributed by atoms with Crippen LogP contribution in [0.5, 0.6) is 5.75 Å². The molecule has 0 bridgehead atoms. The van der Waals surface area contributed by atoms with Crippen molar-refractivity contribution in [1.82, 2.24) is 9.71 Å². The highest BCUT2D eigenvalue weighted by atomic mass is 32.2. The van der Waals surface area contributed by atoms with Crippen LogP contribution in [0, 0.1) is 0 Å². The smallest absolute Gasteiger partial charge is 0.260 e. The third-order valence-corrected chi connectivity index (χ3v) is 8.13. The highest BCUT2D eigenvalue weighted by molar-refractivity contribution is 7.89. The van der Waals surface area contributed by atoms with E-state index in [1.54, 1.807) is 12.1 Å². The molecule has 4 rings (SSSR count). The number of methoxy groups -OCH3 is 1. The Labute approximate surface area is 204 Å². The quantitative estimate of drug-likeness (QED) is 0.426. The molecule has 9 heteroatoms. The molecule has 0 unspecified atom stereocenters. The maximum absolute atomic E-state index is 13.5. The molecular formula is C25H27N3O4S2. The maximum atomic E-state index is 13.5. The molecule has 0 radical (unpaired) electrons. The second kappa shape index (κ2) is 10.5. The molecule has 1 aromatic heterocycles. The minimum absolute atomic E-state index is 0.0459. The van der Waals surface area contributed by atoms with Crippen LogP contribution in [-0.2, 0) is 10.0 Å². The van der Waals surface area contributed by atoms with Gasteiger partial charge in [0.25, 0.3) is 5.91 Å². The second-order valence-electron chi connectivity index (χ2n) is 8.05. The Morgan fingerprint density at radius 3 is 2.65 bits per heavy atom. The summed E-state index contributed by atoms with van der Waals surface area (Å²) in [6.07, 6.45) is 5.22. The van der Waals surface area contributed by atoms with Crippen molar-refractivity contribution in [2.75, 3.05) is 18.6 Å². The van der Waals surface area contributed by atoms with Crippen molar-refractivity contribution >= 4 is 32.4 Å². The maximum Gasteiger partial charge on any atom is 0.260 e. The lowest BCUT2D eigenvalue weighted by Crippen LogP contribution is -2.34. The third-order valence-electron chi connectivity index (χ3n) is 5.73. The molecule has 178 valence electrons. The fraction of sp³-hybridized carbons (Fsp3) is 0.280. The summed E-state index contributed by atoms with van der Waals surface area (Å²) in [5.74, 6) is -0.174. The molecule has 0 saturated heterocycles. The van der Waals surface area contributed by atoms with Gasteiger partial charge in [-0.3, -0.25) is 9.69 Å². The van der Waals surface area contributed by atoms with Crippen molar-refractivity contribution in [1.29, 1.82) is 0 Å². The van der Waals surface area contributed by atoms with Gasteiger partial charge in [0.05, 0.1) is 12.8 Å². The summed E-state index contributed by atoms with van der Waals surface area (Å²) in [5.41, 5.74) is 1.94. The molecule has 1 N–H and O–H groups in total. The van der Waals surface area contributed by atoms with E-state index in [2.05, 4.69) is 16.3 Å². The van der Waals surface area contributed by atoms with Crippen LogP contribution in [0.25, 0.3) is 11.3 Å². The van der Waals surface area contributed by atoms with Gasteiger partial charge in [-0.2, -0.15) is 0 Å². The first kappa shape index (κ1) is 24.1. The van der Waals surface area contributed by atoms with Gasteiger partial charge in [0.15, 0.2) is 5.13 Å². The van der Waals surface area contributed by atoms with Crippen molar-refractivity contribution < 1.29 is 17.9 Å². The average molecular weight is 498 g/mol. The van der Waals surface area contributed by atoms with E-state index in [4.69, 9.17) is 4.74 Å². The van der Waals surface area contributed by atoms with Gasteiger partial charge in [0, 0.05) is 29.1 Å². The van der Waals surface area contributed by atoms with E-state index in [0.29, 0.717) is 5.13 Å². The Balaban J connectivity index is 1.65. The number of rotatable bonds is 9. The normalized spacial score (nSPS) is 14.1. The molecule has 34 heavy (non-hydrogen) atoms. The zero-order valence-corrected chi connectivity index (χ0v) is 20.6. The minimum atomic E-state index is -3.86. The predicted octanol–water partition coefficient (Wildman–Crippen LogP) is 4.87. The molecule has 1 saturated carbocycles. The Morgan fingerprint density at radius 2 is 1.97 bits per heavy atom. The SMILES string of the molecule is C=CCN(C(=O)c1ccc(OC)c(S(=O)(=O)NC2CCCC2)c1)c1nc(-c2ccccc2)cs1. The van der Waals surface area contributed by atoms with Crippen molar-refractivity contribution in [2.24, 2.45) is 0 Å². The van der Waals surface area contributed by atoms with E-state index < -0.39 is 10.0 Å². The number of thiazole rings is 1. The monoisotopic (exact) mass is 497 g/mol. The van der Waals surface area contributed by atoms with E-state index in [1.165, 1.54) is 35.5 Å². The van der Waals surface area contributed by atoms with Crippen LogP contribution in [0.15, 0.2) is 71.5 Å². The number of ether oxygens (including phenoxy) is 1. The summed E-state index contributed by atoms with van der Waals surface area (Å²) in [6.45, 7) is 4.00. The second-order valence-corrected chi connectivity index (χ2v) is 10.6. The van der Waals surface area contributed by atoms with Gasteiger partial charge < -0.3 is 4.74 Å². The number of hydrogen-bond donors (Lipinski definition) is 1. The topological polar surface area (TPSA) is 88.6 Å². The van der Waals surface area contributed by atoms with E-state index in [9.17, 15) is 13.2 Å². The van der Waals surface area contributed by atoms with Gasteiger partial charge in [0.2, 0.25) is 10.0 Å². The molecule has 1 aliphatic rings. The zero-order valence-electron chi connectivity index (χ0n) is 18.9.